The zero-order valence-electron chi connectivity index (χ0n) is 15.5. The fourth-order valence-electron chi connectivity index (χ4n) is 3.58. The third kappa shape index (κ3) is 3.38. The number of carbonyl (C=O) groups is 1. The zero-order chi connectivity index (χ0) is 19.6. The van der Waals surface area contributed by atoms with Crippen molar-refractivity contribution in [3.8, 4) is 11.5 Å². The van der Waals surface area contributed by atoms with Gasteiger partial charge < -0.3 is 14.6 Å². The van der Waals surface area contributed by atoms with E-state index < -0.39 is 11.6 Å². The first-order valence-corrected chi connectivity index (χ1v) is 9.09. The number of fused-ring (bicyclic) bond motifs is 1. The Morgan fingerprint density at radius 1 is 1.14 bits per heavy atom. The van der Waals surface area contributed by atoms with E-state index in [1.54, 1.807) is 18.2 Å². The first-order chi connectivity index (χ1) is 13.6. The van der Waals surface area contributed by atoms with E-state index in [1.165, 1.54) is 7.11 Å². The molecule has 0 atom stereocenters. The van der Waals surface area contributed by atoms with Crippen LogP contribution in [0.25, 0.3) is 11.0 Å². The highest BCUT2D eigenvalue weighted by atomic mass is 16.6. The molecule has 2 heterocycles. The molecule has 0 saturated carbocycles. The van der Waals surface area contributed by atoms with E-state index in [0.717, 1.165) is 11.1 Å². The number of para-hydroxylation sites is 2. The first-order valence-electron chi connectivity index (χ1n) is 9.09. The van der Waals surface area contributed by atoms with Gasteiger partial charge in [0.15, 0.2) is 11.5 Å². The molecule has 8 heteroatoms. The number of ether oxygens (including phenoxy) is 2. The Hall–Kier alpha value is -3.13. The topological polar surface area (TPSA) is 97.9 Å². The molecule has 0 unspecified atom stereocenters. The van der Waals surface area contributed by atoms with Crippen LogP contribution in [0.15, 0.2) is 47.1 Å². The summed E-state index contributed by atoms with van der Waals surface area (Å²) < 4.78 is 16.1. The average Bonchev–Trinajstić information content (AvgIpc) is 3.20. The fourth-order valence-corrected chi connectivity index (χ4v) is 3.58. The normalized spacial score (nSPS) is 16.8. The van der Waals surface area contributed by atoms with Gasteiger partial charge in [0.2, 0.25) is 5.60 Å². The number of rotatable bonds is 6. The molecule has 1 N–H and O–H groups in total. The van der Waals surface area contributed by atoms with Crippen molar-refractivity contribution in [1.82, 2.24) is 15.2 Å². The van der Waals surface area contributed by atoms with E-state index in [0.29, 0.717) is 49.5 Å². The van der Waals surface area contributed by atoms with E-state index >= 15 is 0 Å². The van der Waals surface area contributed by atoms with Crippen LogP contribution < -0.4 is 9.47 Å². The Morgan fingerprint density at radius 3 is 2.61 bits per heavy atom. The van der Waals surface area contributed by atoms with Crippen LogP contribution in [-0.4, -0.2) is 52.1 Å². The van der Waals surface area contributed by atoms with Gasteiger partial charge in [-0.3, -0.25) is 4.90 Å². The SMILES string of the molecule is COc1ccccc1OC1(C(=O)O)CCN(Cc2cccc3nonc23)CC1. The molecule has 1 aliphatic rings. The number of hydrogen-bond acceptors (Lipinski definition) is 7. The molecule has 0 radical (unpaired) electrons. The quantitative estimate of drug-likeness (QED) is 0.694. The zero-order valence-corrected chi connectivity index (χ0v) is 15.5. The van der Waals surface area contributed by atoms with E-state index in [-0.39, 0.29) is 0 Å². The van der Waals surface area contributed by atoms with E-state index in [2.05, 4.69) is 15.2 Å². The summed E-state index contributed by atoms with van der Waals surface area (Å²) in [6, 6.07) is 12.9. The van der Waals surface area contributed by atoms with Crippen LogP contribution in [0.2, 0.25) is 0 Å². The maximum atomic E-state index is 12.1. The molecule has 4 rings (SSSR count). The summed E-state index contributed by atoms with van der Waals surface area (Å²) in [4.78, 5) is 14.3. The van der Waals surface area contributed by atoms with Gasteiger partial charge in [0.1, 0.15) is 11.0 Å². The first kappa shape index (κ1) is 18.2. The predicted molar refractivity (Wildman–Crippen MR) is 100 cm³/mol. The molecule has 146 valence electrons. The number of likely N-dealkylation sites (tertiary alicyclic amines) is 1. The summed E-state index contributed by atoms with van der Waals surface area (Å²) in [7, 11) is 1.54. The summed E-state index contributed by atoms with van der Waals surface area (Å²) in [5.41, 5.74) is 1.19. The third-order valence-electron chi connectivity index (χ3n) is 5.19. The molecule has 0 amide bonds. The molecule has 1 saturated heterocycles. The van der Waals surface area contributed by atoms with Gasteiger partial charge in [-0.05, 0) is 34.1 Å². The monoisotopic (exact) mass is 383 g/mol. The lowest BCUT2D eigenvalue weighted by molar-refractivity contribution is -0.160. The van der Waals surface area contributed by atoms with Crippen LogP contribution in [0, 0.1) is 0 Å². The Balaban J connectivity index is 1.48. The van der Waals surface area contributed by atoms with Crippen molar-refractivity contribution < 1.29 is 24.0 Å². The second kappa shape index (κ2) is 7.47. The van der Waals surface area contributed by atoms with Gasteiger partial charge in [-0.2, -0.15) is 0 Å². The van der Waals surface area contributed by atoms with Gasteiger partial charge in [-0.15, -0.1) is 0 Å². The number of nitrogens with zero attached hydrogens (tertiary/aromatic N) is 3. The number of carboxylic acids is 1. The summed E-state index contributed by atoms with van der Waals surface area (Å²) in [6.45, 7) is 1.82. The number of aromatic nitrogens is 2. The van der Waals surface area contributed by atoms with E-state index in [9.17, 15) is 9.90 Å². The average molecular weight is 383 g/mol. The van der Waals surface area contributed by atoms with Gasteiger partial charge in [-0.1, -0.05) is 24.3 Å². The Labute approximate surface area is 161 Å². The molecule has 2 aromatic carbocycles. The fraction of sp³-hybridized carbons (Fsp3) is 0.350. The lowest BCUT2D eigenvalue weighted by atomic mass is 9.90. The van der Waals surface area contributed by atoms with Gasteiger partial charge in [0.25, 0.3) is 0 Å². The van der Waals surface area contributed by atoms with E-state index in [1.807, 2.05) is 24.3 Å². The summed E-state index contributed by atoms with van der Waals surface area (Å²) in [6.07, 6.45) is 0.737. The van der Waals surface area contributed by atoms with Crippen LogP contribution in [0.5, 0.6) is 11.5 Å². The standard InChI is InChI=1S/C20H21N3O5/c1-26-16-7-2-3-8-17(16)27-20(19(24)25)9-11-23(12-10-20)13-14-5-4-6-15-18(14)22-28-21-15/h2-8H,9-13H2,1H3,(H,24,25). The van der Waals surface area contributed by atoms with Gasteiger partial charge in [0.05, 0.1) is 7.11 Å². The lowest BCUT2D eigenvalue weighted by Crippen LogP contribution is -2.53. The Kier molecular flexibility index (Phi) is 4.87. The molecule has 0 aliphatic carbocycles. The number of methoxy groups -OCH3 is 1. The van der Waals surface area contributed by atoms with Crippen molar-refractivity contribution in [1.29, 1.82) is 0 Å². The van der Waals surface area contributed by atoms with Gasteiger partial charge in [-0.25, -0.2) is 9.42 Å². The van der Waals surface area contributed by atoms with Gasteiger partial charge >= 0.3 is 5.97 Å². The largest absolute Gasteiger partial charge is 0.493 e. The maximum absolute atomic E-state index is 12.1. The highest BCUT2D eigenvalue weighted by molar-refractivity contribution is 5.78. The second-order valence-electron chi connectivity index (χ2n) is 6.88. The van der Waals surface area contributed by atoms with Crippen molar-refractivity contribution in [3.63, 3.8) is 0 Å². The maximum Gasteiger partial charge on any atom is 0.348 e. The molecule has 1 aromatic heterocycles. The highest BCUT2D eigenvalue weighted by Crippen LogP contribution is 2.35. The smallest absolute Gasteiger partial charge is 0.348 e. The molecule has 28 heavy (non-hydrogen) atoms. The second-order valence-corrected chi connectivity index (χ2v) is 6.88. The molecule has 3 aromatic rings. The van der Waals surface area contributed by atoms with E-state index in [4.69, 9.17) is 14.1 Å². The summed E-state index contributed by atoms with van der Waals surface area (Å²) in [5, 5.41) is 17.7. The number of hydrogen-bond donors (Lipinski definition) is 1. The molecule has 0 spiro atoms. The third-order valence-corrected chi connectivity index (χ3v) is 5.19. The molecule has 8 nitrogen and oxygen atoms in total. The lowest BCUT2D eigenvalue weighted by Gasteiger charge is -2.39. The summed E-state index contributed by atoms with van der Waals surface area (Å²) >= 11 is 0. The molecular formula is C20H21N3O5. The Bertz CT molecular complexity index is 979. The van der Waals surface area contributed by atoms with Crippen LogP contribution in [0.1, 0.15) is 18.4 Å². The van der Waals surface area contributed by atoms with Crippen LogP contribution in [0.4, 0.5) is 0 Å². The minimum absolute atomic E-state index is 0.368. The predicted octanol–water partition coefficient (Wildman–Crippen LogP) is 2.73. The Morgan fingerprint density at radius 2 is 1.89 bits per heavy atom. The number of benzene rings is 2. The van der Waals surface area contributed by atoms with Crippen molar-refractivity contribution in [3.05, 3.63) is 48.0 Å². The van der Waals surface area contributed by atoms with Crippen LogP contribution in [0.3, 0.4) is 0 Å². The molecule has 1 fully saturated rings. The van der Waals surface area contributed by atoms with Gasteiger partial charge in [0, 0.05) is 32.5 Å². The van der Waals surface area contributed by atoms with Crippen LogP contribution in [-0.2, 0) is 11.3 Å². The minimum Gasteiger partial charge on any atom is -0.493 e. The van der Waals surface area contributed by atoms with Crippen molar-refractivity contribution >= 4 is 17.0 Å². The molecular weight excluding hydrogens is 362 g/mol. The minimum atomic E-state index is -1.27. The number of aliphatic carboxylic acids is 1. The molecule has 0 bridgehead atoms. The van der Waals surface area contributed by atoms with Crippen LogP contribution >= 0.6 is 0 Å². The van der Waals surface area contributed by atoms with Crippen molar-refractivity contribution in [2.24, 2.45) is 0 Å². The van der Waals surface area contributed by atoms with Crippen molar-refractivity contribution in [2.75, 3.05) is 20.2 Å². The number of carboxylic acid groups (broad SMARTS) is 1. The number of piperidine rings is 1. The summed E-state index contributed by atoms with van der Waals surface area (Å²) in [5.74, 6) is 0.0101. The van der Waals surface area contributed by atoms with Crippen molar-refractivity contribution in [2.45, 2.75) is 25.0 Å². The highest BCUT2D eigenvalue weighted by Gasteiger charge is 2.44. The molecule has 1 aliphatic heterocycles.